The summed E-state index contributed by atoms with van der Waals surface area (Å²) in [6.07, 6.45) is 0.739. The lowest BCUT2D eigenvalue weighted by molar-refractivity contribution is -0.118. The van der Waals surface area contributed by atoms with Crippen molar-refractivity contribution in [3.05, 3.63) is 29.3 Å². The number of thioether (sulfide) groups is 1. The molecule has 0 radical (unpaired) electrons. The Hall–Kier alpha value is -0.750. The van der Waals surface area contributed by atoms with Crippen molar-refractivity contribution in [1.82, 2.24) is 5.32 Å². The Balaban J connectivity index is 2.10. The van der Waals surface area contributed by atoms with Crippen LogP contribution in [0.25, 0.3) is 0 Å². The number of carbonyl (C=O) groups excluding carboxylic acids is 1. The molecule has 0 aliphatic rings. The van der Waals surface area contributed by atoms with Crippen molar-refractivity contribution >= 4 is 29.3 Å². The minimum Gasteiger partial charge on any atom is -0.394 e. The molecule has 1 amide bonds. The molecule has 0 aliphatic carbocycles. The quantitative estimate of drug-likeness (QED) is 0.541. The van der Waals surface area contributed by atoms with Gasteiger partial charge in [-0.05, 0) is 18.6 Å². The van der Waals surface area contributed by atoms with Gasteiger partial charge in [-0.15, -0.1) is 11.8 Å². The summed E-state index contributed by atoms with van der Waals surface area (Å²) in [5, 5.41) is 12.0. The maximum absolute atomic E-state index is 11.6. The van der Waals surface area contributed by atoms with Gasteiger partial charge < -0.3 is 15.2 Å². The van der Waals surface area contributed by atoms with E-state index in [1.807, 2.05) is 18.2 Å². The van der Waals surface area contributed by atoms with Crippen molar-refractivity contribution in [2.45, 2.75) is 11.3 Å². The summed E-state index contributed by atoms with van der Waals surface area (Å²) in [4.78, 5) is 12.5. The van der Waals surface area contributed by atoms with Gasteiger partial charge in [0.05, 0.1) is 24.0 Å². The number of halogens is 1. The fourth-order valence-corrected chi connectivity index (χ4v) is 2.39. The monoisotopic (exact) mass is 303 g/mol. The molecule has 0 heterocycles. The highest BCUT2D eigenvalue weighted by molar-refractivity contribution is 8.00. The van der Waals surface area contributed by atoms with Crippen molar-refractivity contribution in [3.8, 4) is 0 Å². The fourth-order valence-electron chi connectivity index (χ4n) is 1.32. The van der Waals surface area contributed by atoms with Crippen LogP contribution in [0.1, 0.15) is 6.42 Å². The first kappa shape index (κ1) is 16.3. The highest BCUT2D eigenvalue weighted by Gasteiger charge is 2.04. The lowest BCUT2D eigenvalue weighted by Crippen LogP contribution is -2.27. The first-order chi connectivity index (χ1) is 9.24. The summed E-state index contributed by atoms with van der Waals surface area (Å²) in [7, 11) is 0. The molecule has 19 heavy (non-hydrogen) atoms. The highest BCUT2D eigenvalue weighted by atomic mass is 35.5. The van der Waals surface area contributed by atoms with Gasteiger partial charge in [-0.25, -0.2) is 0 Å². The molecule has 0 saturated heterocycles. The first-order valence-corrected chi connectivity index (χ1v) is 7.43. The molecule has 1 rings (SSSR count). The molecule has 0 aliphatic heterocycles. The van der Waals surface area contributed by atoms with Gasteiger partial charge in [0, 0.05) is 18.0 Å². The van der Waals surface area contributed by atoms with E-state index in [-0.39, 0.29) is 12.5 Å². The molecule has 4 nitrogen and oxygen atoms in total. The van der Waals surface area contributed by atoms with Gasteiger partial charge in [0.2, 0.25) is 5.91 Å². The normalized spacial score (nSPS) is 10.4. The van der Waals surface area contributed by atoms with Gasteiger partial charge in [-0.3, -0.25) is 4.79 Å². The maximum Gasteiger partial charge on any atom is 0.230 e. The Labute approximate surface area is 122 Å². The third-order valence-corrected chi connectivity index (χ3v) is 3.73. The SMILES string of the molecule is O=C(CSc1ccccc1Cl)NCCCOCCO. The third-order valence-electron chi connectivity index (χ3n) is 2.22. The number of hydrogen-bond acceptors (Lipinski definition) is 4. The van der Waals surface area contributed by atoms with Crippen molar-refractivity contribution in [3.63, 3.8) is 0 Å². The fraction of sp³-hybridized carbons (Fsp3) is 0.462. The number of carbonyl (C=O) groups is 1. The van der Waals surface area contributed by atoms with E-state index >= 15 is 0 Å². The Morgan fingerprint density at radius 2 is 2.16 bits per heavy atom. The van der Waals surface area contributed by atoms with Gasteiger partial charge in [0.1, 0.15) is 0 Å². The summed E-state index contributed by atoms with van der Waals surface area (Å²) < 4.78 is 5.09. The first-order valence-electron chi connectivity index (χ1n) is 6.06. The molecular formula is C13H18ClNO3S. The van der Waals surface area contributed by atoms with Crippen LogP contribution in [0.4, 0.5) is 0 Å². The smallest absolute Gasteiger partial charge is 0.230 e. The minimum atomic E-state index is -0.0212. The van der Waals surface area contributed by atoms with E-state index in [4.69, 9.17) is 21.4 Å². The van der Waals surface area contributed by atoms with E-state index < -0.39 is 0 Å². The largest absolute Gasteiger partial charge is 0.394 e. The predicted octanol–water partition coefficient (Wildman–Crippen LogP) is 1.95. The topological polar surface area (TPSA) is 58.6 Å². The number of benzene rings is 1. The number of ether oxygens (including phenoxy) is 1. The van der Waals surface area contributed by atoms with E-state index in [2.05, 4.69) is 5.32 Å². The number of rotatable bonds is 9. The zero-order chi connectivity index (χ0) is 13.9. The minimum absolute atomic E-state index is 0.0212. The summed E-state index contributed by atoms with van der Waals surface area (Å²) in [5.74, 6) is 0.327. The molecule has 2 N–H and O–H groups in total. The van der Waals surface area contributed by atoms with Crippen LogP contribution in [-0.4, -0.2) is 43.1 Å². The lowest BCUT2D eigenvalue weighted by Gasteiger charge is -2.06. The van der Waals surface area contributed by atoms with Crippen LogP contribution in [0.3, 0.4) is 0 Å². The van der Waals surface area contributed by atoms with E-state index in [1.54, 1.807) is 6.07 Å². The van der Waals surface area contributed by atoms with Gasteiger partial charge in [-0.1, -0.05) is 23.7 Å². The summed E-state index contributed by atoms with van der Waals surface area (Å²) in [6, 6.07) is 7.45. The molecule has 106 valence electrons. The van der Waals surface area contributed by atoms with Crippen LogP contribution in [0.2, 0.25) is 5.02 Å². The zero-order valence-corrected chi connectivity index (χ0v) is 12.2. The summed E-state index contributed by atoms with van der Waals surface area (Å²) >= 11 is 7.41. The van der Waals surface area contributed by atoms with Crippen molar-refractivity contribution < 1.29 is 14.6 Å². The van der Waals surface area contributed by atoms with Crippen LogP contribution in [0.5, 0.6) is 0 Å². The number of aliphatic hydroxyl groups is 1. The molecule has 0 spiro atoms. The second-order valence-corrected chi connectivity index (χ2v) is 5.18. The van der Waals surface area contributed by atoms with Crippen LogP contribution < -0.4 is 5.32 Å². The maximum atomic E-state index is 11.6. The van der Waals surface area contributed by atoms with E-state index in [1.165, 1.54) is 11.8 Å². The van der Waals surface area contributed by atoms with Crippen molar-refractivity contribution in [2.75, 3.05) is 32.1 Å². The second-order valence-electron chi connectivity index (χ2n) is 3.76. The Morgan fingerprint density at radius 1 is 1.37 bits per heavy atom. The molecule has 0 fully saturated rings. The van der Waals surface area contributed by atoms with Crippen LogP contribution >= 0.6 is 23.4 Å². The summed E-state index contributed by atoms with van der Waals surface area (Å²) in [5.41, 5.74) is 0. The molecule has 0 atom stereocenters. The van der Waals surface area contributed by atoms with Gasteiger partial charge in [-0.2, -0.15) is 0 Å². The van der Waals surface area contributed by atoms with E-state index in [0.717, 1.165) is 11.3 Å². The molecular weight excluding hydrogens is 286 g/mol. The standard InChI is InChI=1S/C13H18ClNO3S/c14-11-4-1-2-5-12(11)19-10-13(17)15-6-3-8-18-9-7-16/h1-2,4-5,16H,3,6-10H2,(H,15,17). The van der Waals surface area contributed by atoms with Gasteiger partial charge in [0.15, 0.2) is 0 Å². The molecule has 0 saturated carbocycles. The second kappa shape index (κ2) is 10.1. The van der Waals surface area contributed by atoms with Crippen LogP contribution in [0, 0.1) is 0 Å². The Kier molecular flexibility index (Phi) is 8.66. The predicted molar refractivity (Wildman–Crippen MR) is 77.7 cm³/mol. The van der Waals surface area contributed by atoms with Gasteiger partial charge >= 0.3 is 0 Å². The molecule has 0 aromatic heterocycles. The molecule has 1 aromatic carbocycles. The Bertz CT molecular complexity index is 390. The van der Waals surface area contributed by atoms with E-state index in [9.17, 15) is 4.79 Å². The summed E-state index contributed by atoms with van der Waals surface area (Å²) in [6.45, 7) is 1.49. The lowest BCUT2D eigenvalue weighted by atomic mass is 10.4. The number of amides is 1. The molecule has 6 heteroatoms. The Morgan fingerprint density at radius 3 is 2.89 bits per heavy atom. The third kappa shape index (κ3) is 7.42. The number of aliphatic hydroxyl groups excluding tert-OH is 1. The highest BCUT2D eigenvalue weighted by Crippen LogP contribution is 2.26. The van der Waals surface area contributed by atoms with Crippen molar-refractivity contribution in [1.29, 1.82) is 0 Å². The molecule has 1 aromatic rings. The van der Waals surface area contributed by atoms with Crippen LogP contribution in [-0.2, 0) is 9.53 Å². The molecule has 0 bridgehead atoms. The zero-order valence-electron chi connectivity index (χ0n) is 10.6. The number of nitrogens with one attached hydrogen (secondary N) is 1. The van der Waals surface area contributed by atoms with Gasteiger partial charge in [0.25, 0.3) is 0 Å². The average molecular weight is 304 g/mol. The van der Waals surface area contributed by atoms with Crippen LogP contribution in [0.15, 0.2) is 29.2 Å². The number of hydrogen-bond donors (Lipinski definition) is 2. The average Bonchev–Trinajstić information content (AvgIpc) is 2.42. The van der Waals surface area contributed by atoms with E-state index in [0.29, 0.717) is 30.5 Å². The van der Waals surface area contributed by atoms with Crippen molar-refractivity contribution in [2.24, 2.45) is 0 Å². The molecule has 0 unspecified atom stereocenters.